The van der Waals surface area contributed by atoms with E-state index in [1.165, 1.54) is 0 Å². The van der Waals surface area contributed by atoms with Gasteiger partial charge in [-0.3, -0.25) is 9.59 Å². The van der Waals surface area contributed by atoms with E-state index in [-0.39, 0.29) is 24.8 Å². The molecule has 0 aromatic heterocycles. The van der Waals surface area contributed by atoms with E-state index in [2.05, 4.69) is 67.5 Å². The monoisotopic (exact) mass is 434 g/mol. The van der Waals surface area contributed by atoms with Gasteiger partial charge in [0.25, 0.3) is 0 Å². The highest BCUT2D eigenvalue weighted by atomic mass is 28.3. The molecular weight excluding hydrogens is 388 g/mol. The summed E-state index contributed by atoms with van der Waals surface area (Å²) in [5, 5.41) is 0. The van der Waals surface area contributed by atoms with E-state index in [0.717, 1.165) is 34.4 Å². The van der Waals surface area contributed by atoms with Gasteiger partial charge in [0.1, 0.15) is 42.5 Å². The maximum absolute atomic E-state index is 11.9. The van der Waals surface area contributed by atoms with Crippen LogP contribution in [0.15, 0.2) is 0 Å². The van der Waals surface area contributed by atoms with Crippen molar-refractivity contribution >= 4 is 28.1 Å². The maximum Gasteiger partial charge on any atom is 0.306 e. The maximum atomic E-state index is 11.9. The third kappa shape index (κ3) is 16.3. The molecule has 0 aromatic carbocycles. The van der Waals surface area contributed by atoms with Crippen molar-refractivity contribution in [2.75, 3.05) is 66.8 Å². The fourth-order valence-electron chi connectivity index (χ4n) is 3.89. The van der Waals surface area contributed by atoms with Gasteiger partial charge in [0.2, 0.25) is 0 Å². The highest BCUT2D eigenvalue weighted by Crippen LogP contribution is 2.10. The van der Waals surface area contributed by atoms with Crippen LogP contribution in [0.2, 0.25) is 39.3 Å². The molecule has 0 unspecified atom stereocenters. The second-order valence-electron chi connectivity index (χ2n) is 11.7. The van der Waals surface area contributed by atoms with Gasteiger partial charge >= 0.3 is 11.9 Å². The van der Waals surface area contributed by atoms with Crippen LogP contribution >= 0.6 is 0 Å². The van der Waals surface area contributed by atoms with Gasteiger partial charge in [0, 0.05) is 0 Å². The molecule has 0 bridgehead atoms. The molecule has 0 atom stereocenters. The number of quaternary nitrogens is 2. The Labute approximate surface area is 175 Å². The van der Waals surface area contributed by atoms with Crippen LogP contribution in [0.4, 0.5) is 0 Å². The van der Waals surface area contributed by atoms with Crippen molar-refractivity contribution < 1.29 is 28.0 Å². The summed E-state index contributed by atoms with van der Waals surface area (Å²) in [5.74, 6) is -0.639. The van der Waals surface area contributed by atoms with Gasteiger partial charge in [0.05, 0.1) is 53.4 Å². The van der Waals surface area contributed by atoms with Crippen molar-refractivity contribution in [2.24, 2.45) is 0 Å². The summed E-state index contributed by atoms with van der Waals surface area (Å²) in [6.45, 7) is 16.4. The van der Waals surface area contributed by atoms with E-state index >= 15 is 0 Å². The van der Waals surface area contributed by atoms with Gasteiger partial charge in [-0.1, -0.05) is 39.3 Å². The standard InChI is InChI=1S/C20H46N2O4Si2/c1-21(2,17-27(5,6)7)13-15-25-19(23)11-12-20(24)26-16-14-22(3,4)18-28(8,9)10/h11-18H2,1-10H3/q+2. The quantitative estimate of drug-likeness (QED) is 0.254. The van der Waals surface area contributed by atoms with Gasteiger partial charge in [-0.15, -0.1) is 0 Å². The van der Waals surface area contributed by atoms with E-state index in [4.69, 9.17) is 9.47 Å². The number of hydrogen-bond acceptors (Lipinski definition) is 4. The fourth-order valence-corrected chi connectivity index (χ4v) is 9.34. The lowest BCUT2D eigenvalue weighted by molar-refractivity contribution is -0.880. The summed E-state index contributed by atoms with van der Waals surface area (Å²) in [6, 6.07) is 0. The van der Waals surface area contributed by atoms with Gasteiger partial charge in [-0.05, 0) is 0 Å². The second kappa shape index (κ2) is 10.9. The molecule has 0 spiro atoms. The first-order chi connectivity index (χ1) is 12.4. The van der Waals surface area contributed by atoms with Crippen molar-refractivity contribution in [3.05, 3.63) is 0 Å². The summed E-state index contributed by atoms with van der Waals surface area (Å²) in [6.07, 6.45) is 2.47. The Hall–Kier alpha value is -0.706. The van der Waals surface area contributed by atoms with Crippen LogP contribution in [0.5, 0.6) is 0 Å². The molecule has 0 saturated carbocycles. The Bertz CT molecular complexity index is 463. The summed E-state index contributed by atoms with van der Waals surface area (Å²) in [5.41, 5.74) is 0. The molecule has 166 valence electrons. The van der Waals surface area contributed by atoms with Crippen LogP contribution in [0.25, 0.3) is 0 Å². The van der Waals surface area contributed by atoms with Crippen LogP contribution in [0.1, 0.15) is 12.8 Å². The number of nitrogens with zero attached hydrogens (tertiary/aromatic N) is 2. The molecule has 0 aliphatic carbocycles. The lowest BCUT2D eigenvalue weighted by Crippen LogP contribution is -2.52. The van der Waals surface area contributed by atoms with Gasteiger partial charge in [0.15, 0.2) is 0 Å². The van der Waals surface area contributed by atoms with Crippen LogP contribution in [0.3, 0.4) is 0 Å². The molecule has 0 N–H and O–H groups in total. The lowest BCUT2D eigenvalue weighted by atomic mass is 10.3. The molecule has 8 heteroatoms. The van der Waals surface area contributed by atoms with Crippen LogP contribution in [-0.4, -0.2) is 104 Å². The van der Waals surface area contributed by atoms with Crippen LogP contribution in [-0.2, 0) is 19.1 Å². The molecule has 0 aliphatic rings. The highest BCUT2D eigenvalue weighted by molar-refractivity contribution is 6.76. The minimum Gasteiger partial charge on any atom is -0.460 e. The largest absolute Gasteiger partial charge is 0.460 e. The normalized spacial score (nSPS) is 13.4. The van der Waals surface area contributed by atoms with Crippen molar-refractivity contribution in [3.8, 4) is 0 Å². The van der Waals surface area contributed by atoms with E-state index in [9.17, 15) is 9.59 Å². The Morgan fingerprint density at radius 2 is 0.929 bits per heavy atom. The third-order valence-electron chi connectivity index (χ3n) is 4.26. The molecule has 0 fully saturated rings. The summed E-state index contributed by atoms with van der Waals surface area (Å²) < 4.78 is 12.3. The number of likely N-dealkylation sites (N-methyl/N-ethyl adjacent to an activating group) is 2. The molecule has 0 radical (unpaired) electrons. The van der Waals surface area contributed by atoms with Crippen molar-refractivity contribution in [1.82, 2.24) is 0 Å². The average Bonchev–Trinajstić information content (AvgIpc) is 2.39. The Balaban J connectivity index is 4.03. The van der Waals surface area contributed by atoms with E-state index < -0.39 is 16.1 Å². The minimum absolute atomic E-state index is 0.0907. The summed E-state index contributed by atoms with van der Waals surface area (Å²) >= 11 is 0. The van der Waals surface area contributed by atoms with E-state index in [0.29, 0.717) is 13.2 Å². The van der Waals surface area contributed by atoms with Crippen LogP contribution < -0.4 is 0 Å². The SMILES string of the molecule is C[N+](C)(CCOC(=O)CCC(=O)OCC[N+](C)(C)C[Si](C)(C)C)C[Si](C)(C)C. The number of ether oxygens (including phenoxy) is 2. The molecule has 0 rings (SSSR count). The number of hydrogen-bond donors (Lipinski definition) is 0. The van der Waals surface area contributed by atoms with Crippen molar-refractivity contribution in [3.63, 3.8) is 0 Å². The molecule has 6 nitrogen and oxygen atoms in total. The molecule has 28 heavy (non-hydrogen) atoms. The van der Waals surface area contributed by atoms with Crippen molar-refractivity contribution in [2.45, 2.75) is 52.1 Å². The first-order valence-corrected chi connectivity index (χ1v) is 17.8. The highest BCUT2D eigenvalue weighted by Gasteiger charge is 2.27. The molecule has 0 saturated heterocycles. The number of rotatable bonds is 13. The Morgan fingerprint density at radius 1 is 0.643 bits per heavy atom. The topological polar surface area (TPSA) is 52.6 Å². The number of carbonyl (C=O) groups excluding carboxylic acids is 2. The van der Waals surface area contributed by atoms with Gasteiger partial charge < -0.3 is 18.4 Å². The van der Waals surface area contributed by atoms with Gasteiger partial charge in [-0.2, -0.15) is 0 Å². The lowest BCUT2D eigenvalue weighted by Gasteiger charge is -2.34. The summed E-state index contributed by atoms with van der Waals surface area (Å²) in [4.78, 5) is 23.8. The number of esters is 2. The molecule has 0 aromatic rings. The second-order valence-corrected chi connectivity index (χ2v) is 22.6. The Morgan fingerprint density at radius 3 is 1.18 bits per heavy atom. The first-order valence-electron chi connectivity index (χ1n) is 10.4. The average molecular weight is 435 g/mol. The predicted octanol–water partition coefficient (Wildman–Crippen LogP) is 2.76. The zero-order valence-corrected chi connectivity index (χ0v) is 22.2. The van der Waals surface area contributed by atoms with Crippen LogP contribution in [0, 0.1) is 0 Å². The fraction of sp³-hybridized carbons (Fsp3) is 0.900. The minimum atomic E-state index is -1.17. The summed E-state index contributed by atoms with van der Waals surface area (Å²) in [7, 11) is 6.35. The number of carbonyl (C=O) groups is 2. The van der Waals surface area contributed by atoms with E-state index in [1.807, 2.05) is 0 Å². The molecular formula is C20H46N2O4Si2+2. The zero-order valence-electron chi connectivity index (χ0n) is 20.2. The third-order valence-corrected chi connectivity index (χ3v) is 7.87. The predicted molar refractivity (Wildman–Crippen MR) is 122 cm³/mol. The van der Waals surface area contributed by atoms with Crippen molar-refractivity contribution in [1.29, 1.82) is 0 Å². The Kier molecular flexibility index (Phi) is 10.6. The first kappa shape index (κ1) is 27.3. The molecule has 0 aliphatic heterocycles. The van der Waals surface area contributed by atoms with E-state index in [1.54, 1.807) is 0 Å². The smallest absolute Gasteiger partial charge is 0.306 e. The van der Waals surface area contributed by atoms with Gasteiger partial charge in [-0.25, -0.2) is 0 Å². The molecule has 0 amide bonds. The molecule has 0 heterocycles. The zero-order chi connectivity index (χ0) is 22.2.